The topological polar surface area (TPSA) is 264 Å². The normalized spacial score (nSPS) is 14.1. The average molecular weight is 1080 g/mol. The van der Waals surface area contributed by atoms with Crippen LogP contribution in [0.2, 0.25) is 0 Å². The predicted molar refractivity (Wildman–Crippen MR) is 281 cm³/mol. The van der Waals surface area contributed by atoms with Gasteiger partial charge in [0.1, 0.15) is 35.9 Å². The zero-order valence-corrected chi connectivity index (χ0v) is 43.8. The van der Waals surface area contributed by atoms with Gasteiger partial charge in [-0.25, -0.2) is 15.0 Å². The Labute approximate surface area is 437 Å². The van der Waals surface area contributed by atoms with Crippen molar-refractivity contribution in [2.75, 3.05) is 68.6 Å². The van der Waals surface area contributed by atoms with Gasteiger partial charge in [0, 0.05) is 83.4 Å². The van der Waals surface area contributed by atoms with E-state index in [2.05, 4.69) is 54.9 Å². The van der Waals surface area contributed by atoms with Crippen molar-refractivity contribution in [3.63, 3.8) is 0 Å². The van der Waals surface area contributed by atoms with E-state index in [0.29, 0.717) is 46.5 Å². The van der Waals surface area contributed by atoms with Gasteiger partial charge >= 0.3 is 22.7 Å². The van der Waals surface area contributed by atoms with Crippen LogP contribution in [0, 0.1) is 0 Å². The first-order chi connectivity index (χ1) is 35.3. The maximum Gasteiger partial charge on any atom is 0.534 e. The van der Waals surface area contributed by atoms with Gasteiger partial charge in [-0.3, -0.25) is 23.9 Å². The molecule has 0 aromatic carbocycles. The van der Waals surface area contributed by atoms with Crippen molar-refractivity contribution in [1.29, 1.82) is 0 Å². The van der Waals surface area contributed by atoms with Crippen molar-refractivity contribution in [2.24, 2.45) is 0 Å². The van der Waals surface area contributed by atoms with Crippen LogP contribution in [0.1, 0.15) is 35.1 Å². The number of carbonyl (C=O) groups is 2. The number of aromatic nitrogens is 10. The van der Waals surface area contributed by atoms with Crippen molar-refractivity contribution in [1.82, 2.24) is 69.9 Å². The maximum absolute atomic E-state index is 12.4. The van der Waals surface area contributed by atoms with Gasteiger partial charge in [0.25, 0.3) is 0 Å². The molecular weight excluding hydrogens is 1020 g/mol. The summed E-state index contributed by atoms with van der Waals surface area (Å²) in [6.07, 6.45) is 13.1. The molecule has 0 atom stereocenters. The zero-order valence-electron chi connectivity index (χ0n) is 42.9. The Balaban J connectivity index is 0.000000186. The number of alkyl halides is 3. The van der Waals surface area contributed by atoms with Gasteiger partial charge in [0.05, 0.1) is 73.1 Å². The fourth-order valence-electron chi connectivity index (χ4n) is 7.27. The van der Waals surface area contributed by atoms with E-state index >= 15 is 0 Å². The quantitative estimate of drug-likeness (QED) is 0.0589. The molecule has 0 spiro atoms. The number of aromatic amines is 2. The summed E-state index contributed by atoms with van der Waals surface area (Å²) in [6.45, 7) is 11.2. The lowest BCUT2D eigenvalue weighted by Crippen LogP contribution is -2.41. The van der Waals surface area contributed by atoms with E-state index in [9.17, 15) is 31.2 Å². The summed E-state index contributed by atoms with van der Waals surface area (Å²) in [7, 11) is 4.69. The Morgan fingerprint density at radius 3 is 1.68 bits per heavy atom. The Morgan fingerprint density at radius 1 is 0.697 bits per heavy atom. The fraction of sp³-hybridized carbons (Fsp3) is 0.417. The average Bonchev–Trinajstić information content (AvgIpc) is 4.18. The summed E-state index contributed by atoms with van der Waals surface area (Å²) in [5, 5.41) is 17.2. The first-order valence-electron chi connectivity index (χ1n) is 23.2. The Morgan fingerprint density at radius 2 is 1.18 bits per heavy atom. The molecular formula is C48H62BF3N14O9S. The molecule has 8 aromatic rings. The monoisotopic (exact) mass is 1080 g/mol. The predicted octanol–water partition coefficient (Wildman–Crippen LogP) is 4.51. The number of carbonyl (C=O) groups excluding carboxylic acids is 2. The molecule has 76 heavy (non-hydrogen) atoms. The summed E-state index contributed by atoms with van der Waals surface area (Å²) in [4.78, 5) is 50.7. The van der Waals surface area contributed by atoms with Crippen LogP contribution in [0.3, 0.4) is 0 Å². The SMILES string of the molecule is C.CN(C)CCNC(=O)Cn1cc(B2OC(C)(C)C(C)(C)O2)cn1.COc1cnc2[nH]c3cnc(-c4cnn(CC(=O)NCCN(C)C)c4)cc3c2c1.COc1cnc2[nH]c3cnc(OS(=O)(=O)C(F)(F)F)cc3c2c1. The second-order valence-corrected chi connectivity index (χ2v) is 20.3. The third-order valence-electron chi connectivity index (χ3n) is 12.0. The molecule has 0 aliphatic carbocycles. The van der Waals surface area contributed by atoms with E-state index in [4.69, 9.17) is 18.8 Å². The van der Waals surface area contributed by atoms with Gasteiger partial charge in [-0.1, -0.05) is 7.43 Å². The van der Waals surface area contributed by atoms with E-state index in [-0.39, 0.29) is 43.5 Å². The number of methoxy groups -OCH3 is 2. The van der Waals surface area contributed by atoms with Crippen LogP contribution in [0.4, 0.5) is 13.2 Å². The van der Waals surface area contributed by atoms with Gasteiger partial charge in [0.2, 0.25) is 17.7 Å². The Bertz CT molecular complexity index is 3400. The summed E-state index contributed by atoms with van der Waals surface area (Å²) in [5.41, 5.74) is -1.28. The molecule has 2 amide bonds. The Hall–Kier alpha value is -7.40. The smallest absolute Gasteiger partial charge is 0.495 e. The lowest BCUT2D eigenvalue weighted by atomic mass is 9.82. The molecule has 28 heteroatoms. The number of likely N-dealkylation sites (N-methyl/N-ethyl adjacent to an activating group) is 2. The number of amides is 2. The number of hydrogen-bond acceptors (Lipinski definition) is 17. The molecule has 0 bridgehead atoms. The maximum atomic E-state index is 12.4. The summed E-state index contributed by atoms with van der Waals surface area (Å²) >= 11 is 0. The van der Waals surface area contributed by atoms with Crippen LogP contribution < -0.4 is 29.8 Å². The number of nitrogens with zero attached hydrogens (tertiary/aromatic N) is 10. The highest BCUT2D eigenvalue weighted by atomic mass is 32.2. The number of halogens is 3. The molecule has 1 aliphatic rings. The van der Waals surface area contributed by atoms with Crippen LogP contribution in [0.15, 0.2) is 73.8 Å². The van der Waals surface area contributed by atoms with E-state index in [1.165, 1.54) is 13.3 Å². The van der Waals surface area contributed by atoms with Gasteiger partial charge in [-0.15, -0.1) is 0 Å². The number of pyridine rings is 4. The minimum absolute atomic E-state index is 0. The first kappa shape index (κ1) is 57.9. The lowest BCUT2D eigenvalue weighted by Gasteiger charge is -2.32. The van der Waals surface area contributed by atoms with Gasteiger partial charge in [0.15, 0.2) is 0 Å². The van der Waals surface area contributed by atoms with Gasteiger partial charge in [-0.2, -0.15) is 31.8 Å². The second-order valence-electron chi connectivity index (χ2n) is 18.8. The highest BCUT2D eigenvalue weighted by Gasteiger charge is 2.52. The van der Waals surface area contributed by atoms with E-state index < -0.39 is 28.6 Å². The summed E-state index contributed by atoms with van der Waals surface area (Å²) < 4.78 is 88.6. The summed E-state index contributed by atoms with van der Waals surface area (Å²) in [5.74, 6) is 0.305. The standard InChI is InChI=1S/C20H23N7O2.C15H27BN4O3.C12H8F3N3O4S.CH4/c1-26(2)5-4-21-19(28)12-27-11-13(8-24-27)17-7-15-16-6-14(29-3)9-23-20(16)25-18(15)10-22-17;1-14(2)15(3,4)23-16(22-14)12-9-18-20(10-12)11-13(21)17-7-8-19(5)6;1-21-6-2-8-7-3-10(22-23(19,20)12(13,14)15)16-5-9(7)18-11(8)17-4-6;/h6-11H,4-5,12H2,1-3H3,(H,21,28)(H,23,25);9-10H,7-8,11H2,1-6H3,(H,17,21);2-5H,1H3,(H,17,18);1H4. The van der Waals surface area contributed by atoms with Crippen molar-refractivity contribution >= 4 is 78.4 Å². The number of nitrogens with one attached hydrogen (secondary N) is 4. The highest BCUT2D eigenvalue weighted by molar-refractivity contribution is 7.88. The molecule has 8 aromatic heterocycles. The lowest BCUT2D eigenvalue weighted by molar-refractivity contribution is -0.122. The van der Waals surface area contributed by atoms with E-state index in [0.717, 1.165) is 64.0 Å². The zero-order chi connectivity index (χ0) is 54.5. The third-order valence-corrected chi connectivity index (χ3v) is 13.0. The first-order valence-corrected chi connectivity index (χ1v) is 24.6. The molecule has 408 valence electrons. The van der Waals surface area contributed by atoms with E-state index in [1.54, 1.807) is 53.5 Å². The van der Waals surface area contributed by atoms with E-state index in [1.807, 2.05) is 84.0 Å². The minimum Gasteiger partial charge on any atom is -0.495 e. The highest BCUT2D eigenvalue weighted by Crippen LogP contribution is 2.37. The van der Waals surface area contributed by atoms with Crippen LogP contribution in [0.5, 0.6) is 17.4 Å². The van der Waals surface area contributed by atoms with Crippen LogP contribution in [-0.2, 0) is 42.1 Å². The van der Waals surface area contributed by atoms with Crippen molar-refractivity contribution in [3.8, 4) is 28.6 Å². The second kappa shape index (κ2) is 23.7. The molecule has 9 heterocycles. The largest absolute Gasteiger partial charge is 0.534 e. The van der Waals surface area contributed by atoms with Crippen LogP contribution >= 0.6 is 0 Å². The fourth-order valence-corrected chi connectivity index (χ4v) is 7.68. The van der Waals surface area contributed by atoms with Gasteiger partial charge in [-0.05, 0) is 74.1 Å². The molecule has 1 aliphatic heterocycles. The molecule has 4 N–H and O–H groups in total. The number of rotatable bonds is 16. The molecule has 1 fully saturated rings. The van der Waals surface area contributed by atoms with Gasteiger partial charge < -0.3 is 53.4 Å². The number of fused-ring (bicyclic) bond motifs is 6. The number of ether oxygens (including phenoxy) is 2. The van der Waals surface area contributed by atoms with Crippen molar-refractivity contribution in [2.45, 2.75) is 64.9 Å². The van der Waals surface area contributed by atoms with Crippen LogP contribution in [0.25, 0.3) is 55.1 Å². The molecule has 23 nitrogen and oxygen atoms in total. The molecule has 0 radical (unpaired) electrons. The van der Waals surface area contributed by atoms with Crippen LogP contribution in [-0.4, -0.2) is 172 Å². The van der Waals surface area contributed by atoms with Crippen molar-refractivity contribution in [3.05, 3.63) is 73.8 Å². The van der Waals surface area contributed by atoms with Crippen molar-refractivity contribution < 1.29 is 54.1 Å². The minimum atomic E-state index is -5.78. The Kier molecular flexibility index (Phi) is 18.0. The molecule has 0 saturated carbocycles. The number of H-pyrrole nitrogens is 2. The third kappa shape index (κ3) is 13.9. The molecule has 9 rings (SSSR count). The molecule has 0 unspecified atom stereocenters. The summed E-state index contributed by atoms with van der Waals surface area (Å²) in [6, 6.07) is 6.63. The molecule has 1 saturated heterocycles. The number of hydrogen-bond donors (Lipinski definition) is 4.